The molecule has 9 heteroatoms. The molecule has 0 saturated heterocycles. The summed E-state index contributed by atoms with van der Waals surface area (Å²) in [6.45, 7) is 18.3. The Morgan fingerprint density at radius 2 is 0.585 bits per heavy atom. The first-order valence-electron chi connectivity index (χ1n) is 24.9. The minimum Gasteiger partial charge on any atom is -0.789 e. The van der Waals surface area contributed by atoms with Crippen molar-refractivity contribution < 1.29 is 38.3 Å². The molecule has 0 fully saturated rings. The van der Waals surface area contributed by atoms with Gasteiger partial charge in [-0.2, -0.15) is 0 Å². The van der Waals surface area contributed by atoms with Crippen molar-refractivity contribution in [2.45, 2.75) is 194 Å². The van der Waals surface area contributed by atoms with Crippen molar-refractivity contribution in [3.05, 3.63) is 119 Å². The van der Waals surface area contributed by atoms with Gasteiger partial charge in [0.2, 0.25) is 0 Å². The zero-order chi connectivity index (χ0) is 46.4. The van der Waals surface area contributed by atoms with Gasteiger partial charge in [-0.1, -0.05) is 204 Å². The van der Waals surface area contributed by atoms with E-state index in [4.69, 9.17) is 9.05 Å². The zero-order valence-electron chi connectivity index (χ0n) is 41.7. The molecule has 0 bridgehead atoms. The third kappa shape index (κ3) is 30.6. The number of rotatable bonds is 32. The van der Waals surface area contributed by atoms with Crippen molar-refractivity contribution in [2.24, 2.45) is 23.7 Å². The van der Waals surface area contributed by atoms with Crippen LogP contribution in [0.4, 0.5) is 0 Å². The van der Waals surface area contributed by atoms with Crippen LogP contribution >= 0.6 is 37.9 Å². The van der Waals surface area contributed by atoms with Crippen LogP contribution in [0.3, 0.4) is 0 Å². The molecule has 0 aliphatic heterocycles. The van der Waals surface area contributed by atoms with Crippen LogP contribution in [0.15, 0.2) is 107 Å². The van der Waals surface area contributed by atoms with E-state index in [-0.39, 0.29) is 19.5 Å². The fraction of sp³-hybridized carbons (Fsp3) is 0.571. The van der Waals surface area contributed by atoms with Crippen LogP contribution in [0.1, 0.15) is 180 Å². The van der Waals surface area contributed by atoms with Crippen LogP contribution in [0, 0.1) is 23.7 Å². The second-order valence-corrected chi connectivity index (χ2v) is 24.8. The Bertz CT molecular complexity index is 1470. The van der Waals surface area contributed by atoms with Crippen LogP contribution in [0.25, 0.3) is 0 Å². The molecule has 4 rings (SSSR count). The summed E-state index contributed by atoms with van der Waals surface area (Å²) in [5.74, 6) is 4.57. The Labute approximate surface area is 421 Å². The number of hydrogen-bond donors (Lipinski definition) is 0. The third-order valence-corrected chi connectivity index (χ3v) is 16.0. The molecule has 4 nitrogen and oxygen atoms in total. The van der Waals surface area contributed by atoms with Gasteiger partial charge in [-0.25, -0.2) is 0 Å². The maximum absolute atomic E-state index is 12.4. The predicted molar refractivity (Wildman–Crippen MR) is 281 cm³/mol. The molecular weight excluding hydrogens is 928 g/mol. The van der Waals surface area contributed by atoms with Gasteiger partial charge < -0.3 is 18.8 Å². The van der Waals surface area contributed by atoms with E-state index in [0.29, 0.717) is 11.5 Å². The van der Waals surface area contributed by atoms with Gasteiger partial charge in [0.05, 0.1) is 15.2 Å². The molecule has 65 heavy (non-hydrogen) atoms. The largest absolute Gasteiger partial charge is 2.00 e. The molecule has 0 radical (unpaired) electrons. The second kappa shape index (κ2) is 36.6. The Kier molecular flexibility index (Phi) is 33.6. The van der Waals surface area contributed by atoms with Crippen LogP contribution in [-0.4, -0.2) is 0 Å². The van der Waals surface area contributed by atoms with Gasteiger partial charge in [-0.15, -0.1) is 0 Å². The van der Waals surface area contributed by atoms with E-state index in [1.54, 1.807) is 0 Å². The minimum absolute atomic E-state index is 0. The number of hydrogen-bond acceptors (Lipinski definition) is 6. The molecule has 2 atom stereocenters. The summed E-state index contributed by atoms with van der Waals surface area (Å²) in [6, 6.07) is 33.0. The van der Waals surface area contributed by atoms with Crippen molar-refractivity contribution >= 4 is 37.9 Å². The maximum Gasteiger partial charge on any atom is 2.00 e. The Morgan fingerprint density at radius 1 is 0.354 bits per heavy atom. The molecule has 0 spiro atoms. The molecule has 0 aliphatic rings. The molecule has 0 N–H and O–H groups in total. The first-order chi connectivity index (χ1) is 30.8. The van der Waals surface area contributed by atoms with Crippen LogP contribution in [0.5, 0.6) is 11.5 Å². The second-order valence-electron chi connectivity index (χ2n) is 19.4. The fourth-order valence-electron chi connectivity index (χ4n) is 7.48. The predicted octanol–water partition coefficient (Wildman–Crippen LogP) is 17.9. The van der Waals surface area contributed by atoms with Crippen LogP contribution in [-0.2, 0) is 45.2 Å². The normalized spacial score (nSPS) is 12.3. The van der Waals surface area contributed by atoms with Crippen molar-refractivity contribution in [3.63, 3.8) is 0 Å². The molecule has 2 unspecified atom stereocenters. The Morgan fingerprint density at radius 3 is 0.815 bits per heavy atom. The van der Waals surface area contributed by atoms with E-state index in [1.807, 2.05) is 24.3 Å². The molecule has 0 amide bonds. The monoisotopic (exact) mass is 1010 g/mol. The molecule has 0 saturated carbocycles. The van der Waals surface area contributed by atoms with E-state index >= 15 is 0 Å². The average Bonchev–Trinajstić information content (AvgIpc) is 3.25. The first-order valence-corrected chi connectivity index (χ1v) is 30.1. The average molecular weight is 1010 g/mol. The van der Waals surface area contributed by atoms with Crippen LogP contribution < -0.4 is 18.8 Å². The standard InChI is InChI=1S/2C28H42O2PS.Zn/c2*1-23(2)11-7-5-9-13-25-15-19-27(20-16-25)30-31(29)32-28-21-17-26(18-22-28)14-10-6-8-12-24(3)4;/h2*15-24H,5-14H2,1-4H3;/q2*-1;+2. The van der Waals surface area contributed by atoms with Gasteiger partial charge >= 0.3 is 19.5 Å². The molecule has 4 aromatic rings. The van der Waals surface area contributed by atoms with Crippen LogP contribution in [0.2, 0.25) is 0 Å². The Balaban J connectivity index is 0.000000440. The van der Waals surface area contributed by atoms with E-state index in [9.17, 15) is 9.79 Å². The SMILES string of the molecule is CC(C)CCCCCc1ccc(OP([O-])Sc2ccc(CCCCCC(C)C)cc2)cc1.CC(C)CCCCCc1ccc(OP([O-])Sc2ccc(CCCCCC(C)C)cc2)cc1.[Zn+2]. The van der Waals surface area contributed by atoms with Crippen molar-refractivity contribution in [1.82, 2.24) is 0 Å². The van der Waals surface area contributed by atoms with E-state index in [1.165, 1.54) is 148 Å². The maximum atomic E-state index is 12.4. The number of unbranched alkanes of at least 4 members (excludes halogenated alkanes) is 8. The summed E-state index contributed by atoms with van der Waals surface area (Å²) >= 11 is 2.59. The summed E-state index contributed by atoms with van der Waals surface area (Å²) in [7, 11) is -3.66. The summed E-state index contributed by atoms with van der Waals surface area (Å²) in [5, 5.41) is 0. The molecule has 356 valence electrons. The summed E-state index contributed by atoms with van der Waals surface area (Å²) in [6.07, 6.45) is 25.1. The van der Waals surface area contributed by atoms with Gasteiger partial charge in [0.15, 0.2) is 0 Å². The van der Waals surface area contributed by atoms with Gasteiger partial charge in [-0.05, 0) is 146 Å². The van der Waals surface area contributed by atoms with Gasteiger partial charge in [-0.3, -0.25) is 0 Å². The minimum atomic E-state index is -1.83. The van der Waals surface area contributed by atoms with Gasteiger partial charge in [0, 0.05) is 9.79 Å². The molecule has 0 aliphatic carbocycles. The Hall–Kier alpha value is -1.42. The van der Waals surface area contributed by atoms with Gasteiger partial charge in [0.1, 0.15) is 11.5 Å². The molecular formula is C56H84O4P2S2Zn. The van der Waals surface area contributed by atoms with E-state index < -0.39 is 15.2 Å². The summed E-state index contributed by atoms with van der Waals surface area (Å²) in [5.41, 5.74) is 5.36. The zero-order valence-corrected chi connectivity index (χ0v) is 48.1. The molecule has 0 aromatic heterocycles. The third-order valence-electron chi connectivity index (χ3n) is 11.4. The van der Waals surface area contributed by atoms with E-state index in [0.717, 1.165) is 59.1 Å². The quantitative estimate of drug-likeness (QED) is 0.0276. The van der Waals surface area contributed by atoms with Gasteiger partial charge in [0.25, 0.3) is 0 Å². The smallest absolute Gasteiger partial charge is 0.789 e. The molecule has 0 heterocycles. The summed E-state index contributed by atoms with van der Waals surface area (Å²) in [4.78, 5) is 26.9. The molecule has 4 aromatic carbocycles. The van der Waals surface area contributed by atoms with Crippen molar-refractivity contribution in [1.29, 1.82) is 0 Å². The number of aryl methyl sites for hydroxylation is 4. The van der Waals surface area contributed by atoms with Crippen molar-refractivity contribution in [3.8, 4) is 11.5 Å². The number of benzene rings is 4. The topological polar surface area (TPSA) is 64.6 Å². The summed E-state index contributed by atoms with van der Waals surface area (Å²) < 4.78 is 11.3. The van der Waals surface area contributed by atoms with E-state index in [2.05, 4.69) is 128 Å². The first kappa shape index (κ1) is 59.7. The van der Waals surface area contributed by atoms with Crippen molar-refractivity contribution in [2.75, 3.05) is 0 Å². The fourth-order valence-corrected chi connectivity index (χ4v) is 11.5.